The number of rotatable bonds is 6. The van der Waals surface area contributed by atoms with Crippen molar-refractivity contribution in [3.63, 3.8) is 0 Å². The number of halogens is 1. The summed E-state index contributed by atoms with van der Waals surface area (Å²) >= 11 is 3.57. The highest BCUT2D eigenvalue weighted by atomic mass is 79.9. The summed E-state index contributed by atoms with van der Waals surface area (Å²) in [5, 5.41) is 3.49. The highest BCUT2D eigenvalue weighted by molar-refractivity contribution is 9.10. The molecule has 1 aliphatic heterocycles. The molecule has 1 aromatic rings. The zero-order valence-electron chi connectivity index (χ0n) is 11.1. The van der Waals surface area contributed by atoms with Crippen LogP contribution in [0.15, 0.2) is 16.6 Å². The van der Waals surface area contributed by atoms with Gasteiger partial charge < -0.3 is 15.0 Å². The van der Waals surface area contributed by atoms with Gasteiger partial charge in [-0.2, -0.15) is 0 Å². The normalized spacial score (nSPS) is 13.8. The van der Waals surface area contributed by atoms with Gasteiger partial charge in [0.25, 0.3) is 0 Å². The number of fused-ring (bicyclic) bond motifs is 1. The molecule has 0 amide bonds. The van der Waals surface area contributed by atoms with Crippen LogP contribution in [0.5, 0.6) is 5.75 Å². The molecule has 4 heteroatoms. The van der Waals surface area contributed by atoms with Gasteiger partial charge in [0.1, 0.15) is 5.75 Å². The van der Waals surface area contributed by atoms with Crippen molar-refractivity contribution in [2.24, 2.45) is 0 Å². The van der Waals surface area contributed by atoms with Crippen molar-refractivity contribution in [3.8, 4) is 5.75 Å². The average molecular weight is 313 g/mol. The fourth-order valence-electron chi connectivity index (χ4n) is 2.22. The Bertz CT molecular complexity index is 407. The first-order valence-corrected chi connectivity index (χ1v) is 7.25. The van der Waals surface area contributed by atoms with Crippen LogP contribution in [0.25, 0.3) is 0 Å². The Labute approximate surface area is 118 Å². The van der Waals surface area contributed by atoms with Gasteiger partial charge in [-0.3, -0.25) is 0 Å². The molecule has 0 fully saturated rings. The second kappa shape index (κ2) is 6.55. The minimum absolute atomic E-state index is 0.819. The lowest BCUT2D eigenvalue weighted by Gasteiger charge is -2.12. The van der Waals surface area contributed by atoms with Crippen LogP contribution in [-0.2, 0) is 13.0 Å². The molecule has 18 heavy (non-hydrogen) atoms. The highest BCUT2D eigenvalue weighted by Gasteiger charge is 2.16. The second-order valence-electron chi connectivity index (χ2n) is 4.99. The Morgan fingerprint density at radius 1 is 1.39 bits per heavy atom. The zero-order chi connectivity index (χ0) is 13.0. The smallest absolute Gasteiger partial charge is 0.127 e. The summed E-state index contributed by atoms with van der Waals surface area (Å²) in [6.07, 6.45) is 2.20. The first-order valence-electron chi connectivity index (χ1n) is 6.46. The third kappa shape index (κ3) is 3.70. The Kier molecular flexibility index (Phi) is 5.03. The summed E-state index contributed by atoms with van der Waals surface area (Å²) in [5.41, 5.74) is 2.59. The van der Waals surface area contributed by atoms with E-state index in [9.17, 15) is 0 Å². The van der Waals surface area contributed by atoms with Crippen molar-refractivity contribution in [1.29, 1.82) is 0 Å². The number of benzene rings is 1. The van der Waals surface area contributed by atoms with E-state index in [0.29, 0.717) is 0 Å². The second-order valence-corrected chi connectivity index (χ2v) is 5.90. The van der Waals surface area contributed by atoms with Gasteiger partial charge in [0.2, 0.25) is 0 Å². The van der Waals surface area contributed by atoms with Crippen LogP contribution < -0.4 is 10.1 Å². The lowest BCUT2D eigenvalue weighted by atomic mass is 10.1. The summed E-state index contributed by atoms with van der Waals surface area (Å²) < 4.78 is 6.86. The fourth-order valence-corrected chi connectivity index (χ4v) is 2.77. The Hall–Kier alpha value is -0.580. The van der Waals surface area contributed by atoms with Crippen LogP contribution in [-0.4, -0.2) is 38.7 Å². The molecule has 2 rings (SSSR count). The van der Waals surface area contributed by atoms with E-state index in [0.717, 1.165) is 42.9 Å². The molecule has 0 bridgehead atoms. The van der Waals surface area contributed by atoms with Crippen LogP contribution in [0.4, 0.5) is 0 Å². The van der Waals surface area contributed by atoms with Crippen LogP contribution in [0, 0.1) is 0 Å². The van der Waals surface area contributed by atoms with Crippen LogP contribution >= 0.6 is 15.9 Å². The van der Waals surface area contributed by atoms with Crippen molar-refractivity contribution in [1.82, 2.24) is 10.2 Å². The maximum Gasteiger partial charge on any atom is 0.127 e. The monoisotopic (exact) mass is 312 g/mol. The molecular formula is C14H21BrN2O. The van der Waals surface area contributed by atoms with Gasteiger partial charge in [-0.05, 0) is 51.3 Å². The molecule has 0 aliphatic carbocycles. The van der Waals surface area contributed by atoms with Crippen molar-refractivity contribution in [2.45, 2.75) is 19.4 Å². The molecular weight excluding hydrogens is 292 g/mol. The number of nitrogens with zero attached hydrogens (tertiary/aromatic N) is 1. The third-order valence-electron chi connectivity index (χ3n) is 3.10. The first kappa shape index (κ1) is 13.8. The van der Waals surface area contributed by atoms with E-state index < -0.39 is 0 Å². The molecule has 0 aromatic heterocycles. The SMILES string of the molecule is CN(C)CCCNCc1cc(Br)cc2c1OCC2. The van der Waals surface area contributed by atoms with E-state index in [1.807, 2.05) is 0 Å². The maximum absolute atomic E-state index is 5.71. The molecule has 1 aliphatic rings. The molecule has 0 spiro atoms. The molecule has 100 valence electrons. The fraction of sp³-hybridized carbons (Fsp3) is 0.571. The van der Waals surface area contributed by atoms with Gasteiger partial charge in [0.05, 0.1) is 6.61 Å². The molecule has 1 heterocycles. The summed E-state index contributed by atoms with van der Waals surface area (Å²) in [6.45, 7) is 3.87. The molecule has 0 saturated carbocycles. The van der Waals surface area contributed by atoms with Crippen molar-refractivity contribution in [3.05, 3.63) is 27.7 Å². The lowest BCUT2D eigenvalue weighted by Crippen LogP contribution is -2.21. The van der Waals surface area contributed by atoms with E-state index in [1.165, 1.54) is 17.5 Å². The number of nitrogens with one attached hydrogen (secondary N) is 1. The number of hydrogen-bond donors (Lipinski definition) is 1. The van der Waals surface area contributed by atoms with Gasteiger partial charge in [0, 0.05) is 23.0 Å². The zero-order valence-corrected chi connectivity index (χ0v) is 12.7. The van der Waals surface area contributed by atoms with E-state index in [2.05, 4.69) is 52.4 Å². The Balaban J connectivity index is 1.86. The minimum atomic E-state index is 0.819. The minimum Gasteiger partial charge on any atom is -0.493 e. The van der Waals surface area contributed by atoms with Crippen LogP contribution in [0.1, 0.15) is 17.5 Å². The molecule has 0 unspecified atom stereocenters. The maximum atomic E-state index is 5.71. The van der Waals surface area contributed by atoms with Gasteiger partial charge in [-0.25, -0.2) is 0 Å². The van der Waals surface area contributed by atoms with E-state index in [-0.39, 0.29) is 0 Å². The van der Waals surface area contributed by atoms with Gasteiger partial charge >= 0.3 is 0 Å². The third-order valence-corrected chi connectivity index (χ3v) is 3.56. The van der Waals surface area contributed by atoms with Crippen LogP contribution in [0.2, 0.25) is 0 Å². The van der Waals surface area contributed by atoms with Crippen molar-refractivity contribution < 1.29 is 4.74 Å². The van der Waals surface area contributed by atoms with Crippen molar-refractivity contribution >= 4 is 15.9 Å². The number of hydrogen-bond acceptors (Lipinski definition) is 3. The molecule has 3 nitrogen and oxygen atoms in total. The Morgan fingerprint density at radius 3 is 3.00 bits per heavy atom. The number of ether oxygens (including phenoxy) is 1. The standard InChI is InChI=1S/C14H21BrN2O/c1-17(2)6-3-5-16-10-12-9-13(15)8-11-4-7-18-14(11)12/h8-9,16H,3-7,10H2,1-2H3. The van der Waals surface area contributed by atoms with E-state index >= 15 is 0 Å². The first-order chi connectivity index (χ1) is 8.66. The highest BCUT2D eigenvalue weighted by Crippen LogP contribution is 2.32. The lowest BCUT2D eigenvalue weighted by molar-refractivity contribution is 0.351. The van der Waals surface area contributed by atoms with Gasteiger partial charge in [-0.1, -0.05) is 15.9 Å². The molecule has 1 aromatic carbocycles. The predicted octanol–water partition coefficient (Wildman–Crippen LogP) is 2.43. The van der Waals surface area contributed by atoms with Gasteiger partial charge in [-0.15, -0.1) is 0 Å². The summed E-state index contributed by atoms with van der Waals surface area (Å²) in [6, 6.07) is 4.32. The summed E-state index contributed by atoms with van der Waals surface area (Å²) in [4.78, 5) is 2.21. The van der Waals surface area contributed by atoms with E-state index in [1.54, 1.807) is 0 Å². The summed E-state index contributed by atoms with van der Waals surface area (Å²) in [5.74, 6) is 1.10. The average Bonchev–Trinajstić information content (AvgIpc) is 2.75. The Morgan fingerprint density at radius 2 is 2.22 bits per heavy atom. The van der Waals surface area contributed by atoms with Crippen molar-refractivity contribution in [2.75, 3.05) is 33.8 Å². The molecule has 0 atom stereocenters. The van der Waals surface area contributed by atoms with Gasteiger partial charge in [0.15, 0.2) is 0 Å². The van der Waals surface area contributed by atoms with E-state index in [4.69, 9.17) is 4.74 Å². The molecule has 1 N–H and O–H groups in total. The molecule has 0 radical (unpaired) electrons. The summed E-state index contributed by atoms with van der Waals surface area (Å²) in [7, 11) is 4.21. The largest absolute Gasteiger partial charge is 0.493 e. The molecule has 0 saturated heterocycles. The topological polar surface area (TPSA) is 24.5 Å². The van der Waals surface area contributed by atoms with Crippen LogP contribution in [0.3, 0.4) is 0 Å². The predicted molar refractivity (Wildman–Crippen MR) is 78.2 cm³/mol. The quantitative estimate of drug-likeness (QED) is 0.817.